The third kappa shape index (κ3) is 2.87. The third-order valence-electron chi connectivity index (χ3n) is 1.99. The summed E-state index contributed by atoms with van der Waals surface area (Å²) in [5.74, 6) is -2.24. The summed E-state index contributed by atoms with van der Waals surface area (Å²) in [6.07, 6.45) is 0. The summed E-state index contributed by atoms with van der Waals surface area (Å²) in [4.78, 5) is 22.5. The molecule has 0 heterocycles. The Hall–Kier alpha value is -1.75. The highest BCUT2D eigenvalue weighted by atomic mass is 19.1. The van der Waals surface area contributed by atoms with Gasteiger partial charge in [0, 0.05) is 0 Å². The summed E-state index contributed by atoms with van der Waals surface area (Å²) in [5.41, 5.74) is 5.92. The number of Topliss-reactive ketones (excluding diaryl/α,β-unsaturated/α-hetero) is 1. The second-order valence-electron chi connectivity index (χ2n) is 3.11. The molecule has 0 saturated heterocycles. The number of benzene rings is 1. The summed E-state index contributed by atoms with van der Waals surface area (Å²) in [6, 6.07) is 3.95. The van der Waals surface area contributed by atoms with Crippen LogP contribution in [0.4, 0.5) is 4.39 Å². The highest BCUT2D eigenvalue weighted by Crippen LogP contribution is 2.12. The monoisotopic (exact) mass is 225 g/mol. The largest absolute Gasteiger partial charge is 0.460 e. The molecule has 1 unspecified atom stereocenters. The third-order valence-corrected chi connectivity index (χ3v) is 1.99. The van der Waals surface area contributed by atoms with Crippen LogP contribution >= 0.6 is 0 Å². The van der Waals surface area contributed by atoms with Gasteiger partial charge in [-0.25, -0.2) is 9.18 Å². The van der Waals surface area contributed by atoms with Gasteiger partial charge in [0.05, 0.1) is 6.61 Å². The van der Waals surface area contributed by atoms with Gasteiger partial charge < -0.3 is 10.5 Å². The fraction of sp³-hybridized carbons (Fsp3) is 0.273. The number of ether oxygens (including phenoxy) is 1. The molecule has 0 spiro atoms. The van der Waals surface area contributed by atoms with E-state index in [2.05, 4.69) is 4.74 Å². The van der Waals surface area contributed by atoms with Crippen molar-refractivity contribution >= 4 is 11.8 Å². The van der Waals surface area contributed by atoms with Crippen molar-refractivity contribution in [2.45, 2.75) is 13.0 Å². The molecule has 0 aliphatic carbocycles. The summed E-state index contributed by atoms with van der Waals surface area (Å²) >= 11 is 0. The van der Waals surface area contributed by atoms with Crippen LogP contribution in [0.2, 0.25) is 0 Å². The van der Waals surface area contributed by atoms with Crippen LogP contribution in [0.25, 0.3) is 0 Å². The van der Waals surface area contributed by atoms with E-state index in [0.29, 0.717) is 5.56 Å². The number of carbonyl (C=O) groups is 2. The zero-order chi connectivity index (χ0) is 12.1. The van der Waals surface area contributed by atoms with Crippen molar-refractivity contribution in [3.8, 4) is 0 Å². The second kappa shape index (κ2) is 5.37. The molecule has 1 atom stereocenters. The molecule has 0 amide bonds. The Morgan fingerprint density at radius 3 is 2.44 bits per heavy atom. The molecule has 0 aliphatic rings. The van der Waals surface area contributed by atoms with Crippen molar-refractivity contribution in [1.29, 1.82) is 0 Å². The molecule has 1 aromatic carbocycles. The first-order valence-corrected chi connectivity index (χ1v) is 4.78. The number of carbonyl (C=O) groups excluding carboxylic acids is 2. The summed E-state index contributed by atoms with van der Waals surface area (Å²) in [7, 11) is 0. The van der Waals surface area contributed by atoms with Crippen LogP contribution in [0.1, 0.15) is 18.5 Å². The Kier molecular flexibility index (Phi) is 4.13. The predicted octanol–water partition coefficient (Wildman–Crippen LogP) is 0.958. The van der Waals surface area contributed by atoms with Gasteiger partial charge in [0.1, 0.15) is 11.9 Å². The van der Waals surface area contributed by atoms with Crippen LogP contribution in [0.3, 0.4) is 0 Å². The lowest BCUT2D eigenvalue weighted by atomic mass is 10.0. The van der Waals surface area contributed by atoms with E-state index >= 15 is 0 Å². The molecule has 0 bridgehead atoms. The molecule has 0 radical (unpaired) electrons. The fourth-order valence-corrected chi connectivity index (χ4v) is 1.15. The predicted molar refractivity (Wildman–Crippen MR) is 55.0 cm³/mol. The lowest BCUT2D eigenvalue weighted by molar-refractivity contribution is -0.154. The van der Waals surface area contributed by atoms with Gasteiger partial charge in [-0.15, -0.1) is 0 Å². The number of nitrogens with two attached hydrogens (primary N) is 1. The van der Waals surface area contributed by atoms with Gasteiger partial charge in [-0.1, -0.05) is 12.1 Å². The lowest BCUT2D eigenvalue weighted by Gasteiger charge is -2.09. The zero-order valence-electron chi connectivity index (χ0n) is 8.77. The smallest absolute Gasteiger partial charge is 0.376 e. The summed E-state index contributed by atoms with van der Waals surface area (Å²) < 4.78 is 17.1. The molecule has 0 aromatic heterocycles. The van der Waals surface area contributed by atoms with E-state index in [1.54, 1.807) is 6.92 Å². The molecule has 1 rings (SSSR count). The van der Waals surface area contributed by atoms with E-state index in [-0.39, 0.29) is 6.61 Å². The Labute approximate surface area is 92.2 Å². The van der Waals surface area contributed by atoms with Crippen LogP contribution in [0, 0.1) is 5.82 Å². The molecule has 0 aliphatic heterocycles. The van der Waals surface area contributed by atoms with Gasteiger partial charge in [0.15, 0.2) is 0 Å². The highest BCUT2D eigenvalue weighted by Gasteiger charge is 2.24. The maximum absolute atomic E-state index is 12.6. The maximum atomic E-state index is 12.6. The first-order chi connectivity index (χ1) is 7.56. The van der Waals surface area contributed by atoms with Crippen LogP contribution in [0.5, 0.6) is 0 Å². The topological polar surface area (TPSA) is 69.4 Å². The van der Waals surface area contributed by atoms with E-state index in [0.717, 1.165) is 0 Å². The molecule has 0 fully saturated rings. The first kappa shape index (κ1) is 12.3. The standard InChI is InChI=1S/C11H12FNO3/c1-2-16-11(15)10(14)9(13)7-3-5-8(12)6-4-7/h3-6,9H,2,13H2,1H3. The molecule has 4 nitrogen and oxygen atoms in total. The summed E-state index contributed by atoms with van der Waals surface area (Å²) in [5, 5.41) is 0. The number of hydrogen-bond acceptors (Lipinski definition) is 4. The van der Waals surface area contributed by atoms with Crippen molar-refractivity contribution < 1.29 is 18.7 Å². The Bertz CT molecular complexity index is 389. The second-order valence-corrected chi connectivity index (χ2v) is 3.11. The minimum atomic E-state index is -1.11. The van der Waals surface area contributed by atoms with Gasteiger partial charge in [0.2, 0.25) is 0 Å². The van der Waals surface area contributed by atoms with E-state index in [1.165, 1.54) is 24.3 Å². The zero-order valence-corrected chi connectivity index (χ0v) is 8.77. The minimum Gasteiger partial charge on any atom is -0.460 e. The average molecular weight is 225 g/mol. The number of hydrogen-bond donors (Lipinski definition) is 1. The molecular weight excluding hydrogens is 213 g/mol. The quantitative estimate of drug-likeness (QED) is 0.612. The molecule has 86 valence electrons. The number of esters is 1. The van der Waals surface area contributed by atoms with Crippen LogP contribution in [-0.2, 0) is 14.3 Å². The van der Waals surface area contributed by atoms with Crippen molar-refractivity contribution in [3.63, 3.8) is 0 Å². The van der Waals surface area contributed by atoms with Gasteiger partial charge in [-0.3, -0.25) is 4.79 Å². The van der Waals surface area contributed by atoms with Crippen molar-refractivity contribution in [2.24, 2.45) is 5.73 Å². The Morgan fingerprint density at radius 2 is 1.94 bits per heavy atom. The molecule has 16 heavy (non-hydrogen) atoms. The van der Waals surface area contributed by atoms with E-state index in [1.807, 2.05) is 0 Å². The number of ketones is 1. The first-order valence-electron chi connectivity index (χ1n) is 4.78. The van der Waals surface area contributed by atoms with Crippen molar-refractivity contribution in [3.05, 3.63) is 35.6 Å². The van der Waals surface area contributed by atoms with Crippen molar-refractivity contribution in [1.82, 2.24) is 0 Å². The Balaban J connectivity index is 2.77. The van der Waals surface area contributed by atoms with Crippen molar-refractivity contribution in [2.75, 3.05) is 6.61 Å². The number of halogens is 1. The van der Waals surface area contributed by atoms with Gasteiger partial charge in [0.25, 0.3) is 5.78 Å². The highest BCUT2D eigenvalue weighted by molar-refractivity contribution is 6.35. The SMILES string of the molecule is CCOC(=O)C(=O)C(N)c1ccc(F)cc1. The van der Waals surface area contributed by atoms with Crippen LogP contribution in [0.15, 0.2) is 24.3 Å². The number of rotatable bonds is 4. The minimum absolute atomic E-state index is 0.112. The van der Waals surface area contributed by atoms with Gasteiger partial charge >= 0.3 is 5.97 Å². The van der Waals surface area contributed by atoms with Gasteiger partial charge in [-0.05, 0) is 24.6 Å². The fourth-order valence-electron chi connectivity index (χ4n) is 1.15. The molecule has 1 aromatic rings. The molecular formula is C11H12FNO3. The normalized spacial score (nSPS) is 11.9. The van der Waals surface area contributed by atoms with E-state index in [9.17, 15) is 14.0 Å². The Morgan fingerprint density at radius 1 is 1.38 bits per heavy atom. The van der Waals surface area contributed by atoms with Crippen LogP contribution < -0.4 is 5.73 Å². The maximum Gasteiger partial charge on any atom is 0.376 e. The van der Waals surface area contributed by atoms with Gasteiger partial charge in [-0.2, -0.15) is 0 Å². The van der Waals surface area contributed by atoms with E-state index < -0.39 is 23.6 Å². The lowest BCUT2D eigenvalue weighted by Crippen LogP contribution is -2.29. The molecule has 5 heteroatoms. The molecule has 0 saturated carbocycles. The van der Waals surface area contributed by atoms with Crippen LogP contribution in [-0.4, -0.2) is 18.4 Å². The van der Waals surface area contributed by atoms with E-state index in [4.69, 9.17) is 5.73 Å². The molecule has 2 N–H and O–H groups in total. The average Bonchev–Trinajstić information content (AvgIpc) is 2.28. The summed E-state index contributed by atoms with van der Waals surface area (Å²) in [6.45, 7) is 1.70.